The van der Waals surface area contributed by atoms with Crippen molar-refractivity contribution in [1.82, 2.24) is 0 Å². The van der Waals surface area contributed by atoms with Crippen molar-refractivity contribution in [2.24, 2.45) is 5.73 Å². The third-order valence-electron chi connectivity index (χ3n) is 2.83. The Hall–Kier alpha value is -1.51. The van der Waals surface area contributed by atoms with Gasteiger partial charge in [-0.05, 0) is 48.7 Å². The molecule has 3 N–H and O–H groups in total. The molecule has 3 heteroatoms. The number of nitrogens with two attached hydrogens (primary N) is 1. The van der Waals surface area contributed by atoms with E-state index in [1.54, 1.807) is 0 Å². The molecule has 0 spiro atoms. The molecule has 0 atom stereocenters. The average molecular weight is 263 g/mol. The van der Waals surface area contributed by atoms with Gasteiger partial charge in [0.05, 0.1) is 0 Å². The minimum absolute atomic E-state index is 0. The van der Waals surface area contributed by atoms with E-state index in [0.29, 0.717) is 6.54 Å². The summed E-state index contributed by atoms with van der Waals surface area (Å²) in [5.74, 6) is 0. The van der Waals surface area contributed by atoms with E-state index in [-0.39, 0.29) is 12.4 Å². The van der Waals surface area contributed by atoms with Gasteiger partial charge in [0, 0.05) is 17.9 Å². The van der Waals surface area contributed by atoms with Crippen LogP contribution in [0.2, 0.25) is 0 Å². The first-order valence-electron chi connectivity index (χ1n) is 5.82. The number of rotatable bonds is 3. The Morgan fingerprint density at radius 2 is 1.83 bits per heavy atom. The number of halogens is 1. The molecular formula is C15H19ClN2. The molecule has 0 aliphatic rings. The van der Waals surface area contributed by atoms with Gasteiger partial charge >= 0.3 is 0 Å². The van der Waals surface area contributed by atoms with E-state index in [1.807, 2.05) is 12.1 Å². The van der Waals surface area contributed by atoms with E-state index in [1.165, 1.54) is 11.1 Å². The predicted molar refractivity (Wildman–Crippen MR) is 80.8 cm³/mol. The fourth-order valence-electron chi connectivity index (χ4n) is 1.80. The van der Waals surface area contributed by atoms with Crippen molar-refractivity contribution in [2.75, 3.05) is 5.32 Å². The topological polar surface area (TPSA) is 38.0 Å². The maximum atomic E-state index is 5.64. The molecule has 0 unspecified atom stereocenters. The van der Waals surface area contributed by atoms with Crippen molar-refractivity contribution in [1.29, 1.82) is 0 Å². The number of nitrogens with one attached hydrogen (secondary N) is 1. The highest BCUT2D eigenvalue weighted by Crippen LogP contribution is 2.22. The number of anilines is 2. The Balaban J connectivity index is 0.00000162. The quantitative estimate of drug-likeness (QED) is 0.880. The molecule has 0 aromatic heterocycles. The molecule has 0 amide bonds. The fourth-order valence-corrected chi connectivity index (χ4v) is 1.80. The van der Waals surface area contributed by atoms with Crippen molar-refractivity contribution in [3.05, 3.63) is 59.2 Å². The van der Waals surface area contributed by atoms with Crippen LogP contribution in [0.1, 0.15) is 16.7 Å². The molecular weight excluding hydrogens is 244 g/mol. The summed E-state index contributed by atoms with van der Waals surface area (Å²) < 4.78 is 0. The van der Waals surface area contributed by atoms with E-state index in [9.17, 15) is 0 Å². The van der Waals surface area contributed by atoms with Gasteiger partial charge in [-0.15, -0.1) is 12.4 Å². The van der Waals surface area contributed by atoms with Gasteiger partial charge in [-0.3, -0.25) is 0 Å². The highest BCUT2D eigenvalue weighted by atomic mass is 35.5. The van der Waals surface area contributed by atoms with Crippen molar-refractivity contribution in [3.8, 4) is 0 Å². The van der Waals surface area contributed by atoms with Gasteiger partial charge < -0.3 is 11.1 Å². The maximum absolute atomic E-state index is 5.64. The Morgan fingerprint density at radius 3 is 2.56 bits per heavy atom. The predicted octanol–water partition coefficient (Wildman–Crippen LogP) is 3.93. The van der Waals surface area contributed by atoms with Gasteiger partial charge in [-0.25, -0.2) is 0 Å². The van der Waals surface area contributed by atoms with Crippen LogP contribution in [0.4, 0.5) is 11.4 Å². The van der Waals surface area contributed by atoms with Crippen molar-refractivity contribution >= 4 is 23.8 Å². The first kappa shape index (κ1) is 14.6. The fraction of sp³-hybridized carbons (Fsp3) is 0.200. The number of hydrogen-bond donors (Lipinski definition) is 2. The maximum Gasteiger partial charge on any atom is 0.0416 e. The highest BCUT2D eigenvalue weighted by Gasteiger charge is 2.00. The molecule has 0 heterocycles. The summed E-state index contributed by atoms with van der Waals surface area (Å²) in [6.07, 6.45) is 0. The standard InChI is InChI=1S/C15H18N2.ClH/c1-11-6-7-12(2)15(8-11)17-14-5-3-4-13(9-14)10-16;/h3-9,17H,10,16H2,1-2H3;1H. The summed E-state index contributed by atoms with van der Waals surface area (Å²) >= 11 is 0. The van der Waals surface area contributed by atoms with Crippen LogP contribution in [0.15, 0.2) is 42.5 Å². The molecule has 2 aromatic carbocycles. The molecule has 96 valence electrons. The molecule has 0 radical (unpaired) electrons. The molecule has 18 heavy (non-hydrogen) atoms. The number of hydrogen-bond acceptors (Lipinski definition) is 2. The minimum Gasteiger partial charge on any atom is -0.355 e. The smallest absolute Gasteiger partial charge is 0.0416 e. The second-order valence-electron chi connectivity index (χ2n) is 4.35. The molecule has 2 rings (SSSR count). The van der Waals surface area contributed by atoms with Gasteiger partial charge in [0.15, 0.2) is 0 Å². The van der Waals surface area contributed by atoms with E-state index in [4.69, 9.17) is 5.73 Å². The zero-order valence-electron chi connectivity index (χ0n) is 10.7. The second kappa shape index (κ2) is 6.43. The summed E-state index contributed by atoms with van der Waals surface area (Å²) in [6, 6.07) is 14.6. The summed E-state index contributed by atoms with van der Waals surface area (Å²) in [6.45, 7) is 4.78. The molecule has 2 nitrogen and oxygen atoms in total. The van der Waals surface area contributed by atoms with Gasteiger partial charge in [-0.1, -0.05) is 24.3 Å². The number of aryl methyl sites for hydroxylation is 2. The minimum atomic E-state index is 0. The van der Waals surface area contributed by atoms with Crippen LogP contribution in [0.25, 0.3) is 0 Å². The van der Waals surface area contributed by atoms with Crippen LogP contribution in [-0.4, -0.2) is 0 Å². The lowest BCUT2D eigenvalue weighted by atomic mass is 10.1. The first-order chi connectivity index (χ1) is 8.19. The molecule has 0 aliphatic carbocycles. The molecule has 0 bridgehead atoms. The molecule has 0 saturated heterocycles. The van der Waals surface area contributed by atoms with Crippen LogP contribution in [0, 0.1) is 13.8 Å². The summed E-state index contributed by atoms with van der Waals surface area (Å²) in [5.41, 5.74) is 11.5. The largest absolute Gasteiger partial charge is 0.355 e. The van der Waals surface area contributed by atoms with Crippen LogP contribution in [0.5, 0.6) is 0 Å². The zero-order chi connectivity index (χ0) is 12.3. The Morgan fingerprint density at radius 1 is 1.06 bits per heavy atom. The Labute approximate surface area is 115 Å². The lowest BCUT2D eigenvalue weighted by Gasteiger charge is -2.11. The van der Waals surface area contributed by atoms with Crippen LogP contribution in [-0.2, 0) is 6.54 Å². The summed E-state index contributed by atoms with van der Waals surface area (Å²) in [7, 11) is 0. The molecule has 2 aromatic rings. The van der Waals surface area contributed by atoms with Crippen molar-refractivity contribution in [3.63, 3.8) is 0 Å². The van der Waals surface area contributed by atoms with Crippen LogP contribution >= 0.6 is 12.4 Å². The first-order valence-corrected chi connectivity index (χ1v) is 5.82. The Kier molecular flexibility index (Phi) is 5.20. The third kappa shape index (κ3) is 3.49. The van der Waals surface area contributed by atoms with Crippen molar-refractivity contribution in [2.45, 2.75) is 20.4 Å². The average Bonchev–Trinajstić information content (AvgIpc) is 2.34. The van der Waals surface area contributed by atoms with Gasteiger partial charge in [0.25, 0.3) is 0 Å². The van der Waals surface area contributed by atoms with Crippen LogP contribution < -0.4 is 11.1 Å². The molecule has 0 saturated carbocycles. The lowest BCUT2D eigenvalue weighted by Crippen LogP contribution is -1.98. The van der Waals surface area contributed by atoms with E-state index < -0.39 is 0 Å². The second-order valence-corrected chi connectivity index (χ2v) is 4.35. The normalized spacial score (nSPS) is 9.72. The molecule has 0 fully saturated rings. The van der Waals surface area contributed by atoms with Gasteiger partial charge in [-0.2, -0.15) is 0 Å². The third-order valence-corrected chi connectivity index (χ3v) is 2.83. The van der Waals surface area contributed by atoms with Crippen LogP contribution in [0.3, 0.4) is 0 Å². The van der Waals surface area contributed by atoms with E-state index in [0.717, 1.165) is 16.9 Å². The zero-order valence-corrected chi connectivity index (χ0v) is 11.6. The van der Waals surface area contributed by atoms with Crippen molar-refractivity contribution < 1.29 is 0 Å². The SMILES string of the molecule is Cc1ccc(C)c(Nc2cccc(CN)c2)c1.Cl. The van der Waals surface area contributed by atoms with Gasteiger partial charge in [0.1, 0.15) is 0 Å². The number of benzene rings is 2. The summed E-state index contributed by atoms with van der Waals surface area (Å²) in [5, 5.41) is 3.43. The molecule has 0 aliphatic heterocycles. The Bertz CT molecular complexity index is 524. The summed E-state index contributed by atoms with van der Waals surface area (Å²) in [4.78, 5) is 0. The monoisotopic (exact) mass is 262 g/mol. The van der Waals surface area contributed by atoms with E-state index in [2.05, 4.69) is 49.5 Å². The van der Waals surface area contributed by atoms with E-state index >= 15 is 0 Å². The highest BCUT2D eigenvalue weighted by molar-refractivity contribution is 5.85. The lowest BCUT2D eigenvalue weighted by molar-refractivity contribution is 1.07. The van der Waals surface area contributed by atoms with Gasteiger partial charge in [0.2, 0.25) is 0 Å².